The van der Waals surface area contributed by atoms with Gasteiger partial charge in [-0.3, -0.25) is 4.79 Å². The highest BCUT2D eigenvalue weighted by Crippen LogP contribution is 2.39. The summed E-state index contributed by atoms with van der Waals surface area (Å²) in [4.78, 5) is 18.3. The molecule has 1 aliphatic heterocycles. The van der Waals surface area contributed by atoms with E-state index in [9.17, 15) is 9.18 Å². The highest BCUT2D eigenvalue weighted by Gasteiger charge is 2.36. The average Bonchev–Trinajstić information content (AvgIpc) is 3.49. The maximum atomic E-state index is 14.1. The molecular weight excluding hydrogens is 561 g/mol. The summed E-state index contributed by atoms with van der Waals surface area (Å²) in [7, 11) is 0. The van der Waals surface area contributed by atoms with Crippen LogP contribution in [0.15, 0.2) is 86.2 Å². The molecule has 0 bridgehead atoms. The molecule has 1 amide bonds. The molecule has 1 atom stereocenters. The second kappa shape index (κ2) is 10.8. The van der Waals surface area contributed by atoms with Gasteiger partial charge in [-0.2, -0.15) is 4.98 Å². The van der Waals surface area contributed by atoms with E-state index in [0.717, 1.165) is 0 Å². The predicted molar refractivity (Wildman–Crippen MR) is 143 cm³/mol. The summed E-state index contributed by atoms with van der Waals surface area (Å²) < 4.78 is 27.8. The maximum Gasteiger partial charge on any atom is 0.256 e. The van der Waals surface area contributed by atoms with Gasteiger partial charge in [0.25, 0.3) is 5.91 Å². The van der Waals surface area contributed by atoms with Gasteiger partial charge < -0.3 is 19.8 Å². The zero-order valence-electron chi connectivity index (χ0n) is 20.0. The zero-order chi connectivity index (χ0) is 25.9. The van der Waals surface area contributed by atoms with Crippen molar-refractivity contribution in [2.45, 2.75) is 30.8 Å². The third kappa shape index (κ3) is 5.28. The van der Waals surface area contributed by atoms with E-state index in [-0.39, 0.29) is 11.7 Å². The first-order valence-electron chi connectivity index (χ1n) is 11.5. The number of amides is 1. The Morgan fingerprint density at radius 3 is 2.76 bits per heavy atom. The van der Waals surface area contributed by atoms with Crippen LogP contribution in [0.4, 0.5) is 16.0 Å². The summed E-state index contributed by atoms with van der Waals surface area (Å²) >= 11 is 4.66. The van der Waals surface area contributed by atoms with Crippen LogP contribution >= 0.6 is 27.7 Å². The largest absolute Gasteiger partial charge is 0.492 e. The van der Waals surface area contributed by atoms with Crippen LogP contribution in [-0.2, 0) is 10.5 Å². The second-order valence-corrected chi connectivity index (χ2v) is 9.86. The van der Waals surface area contributed by atoms with Crippen molar-refractivity contribution in [1.29, 1.82) is 0 Å². The van der Waals surface area contributed by atoms with Crippen LogP contribution in [0.5, 0.6) is 5.75 Å². The number of nitrogens with zero attached hydrogens (tertiary/aromatic N) is 3. The number of rotatable bonds is 8. The quantitative estimate of drug-likeness (QED) is 0.232. The van der Waals surface area contributed by atoms with Crippen LogP contribution in [0.25, 0.3) is 0 Å². The number of furan rings is 1. The Hall–Kier alpha value is -3.57. The van der Waals surface area contributed by atoms with Gasteiger partial charge in [-0.15, -0.1) is 5.10 Å². The number of aromatic nitrogens is 3. The van der Waals surface area contributed by atoms with Crippen LogP contribution < -0.4 is 15.4 Å². The number of carbonyl (C=O) groups excluding carboxylic acids is 1. The third-order valence-electron chi connectivity index (χ3n) is 5.69. The molecule has 37 heavy (non-hydrogen) atoms. The fraction of sp³-hybridized carbons (Fsp3) is 0.192. The minimum Gasteiger partial charge on any atom is -0.492 e. The monoisotopic (exact) mass is 583 g/mol. The molecule has 0 saturated carbocycles. The van der Waals surface area contributed by atoms with Gasteiger partial charge in [-0.1, -0.05) is 42.1 Å². The standard InChI is InChI=1S/C26H23BrFN5O3S/c1-3-35-19-11-7-6-10-18(19)30-24(34)22-15(2)29-25-31-26(37-14-16-8-4-5-9-17(16)28)32-33(25)23(22)20-12-13-21(27)36-20/h4-13,23H,3,14H2,1-2H3,(H,30,34)(H,29,31,32). The highest BCUT2D eigenvalue weighted by atomic mass is 79.9. The number of ether oxygens (including phenoxy) is 1. The Bertz CT molecular complexity index is 1480. The molecule has 1 unspecified atom stereocenters. The Kier molecular flexibility index (Phi) is 7.33. The summed E-state index contributed by atoms with van der Waals surface area (Å²) in [5.41, 5.74) is 2.13. The lowest BCUT2D eigenvalue weighted by Gasteiger charge is -2.27. The lowest BCUT2D eigenvalue weighted by atomic mass is 10.00. The fourth-order valence-electron chi connectivity index (χ4n) is 4.02. The molecule has 0 radical (unpaired) electrons. The van der Waals surface area contributed by atoms with Crippen molar-refractivity contribution in [2.75, 3.05) is 17.2 Å². The first-order valence-corrected chi connectivity index (χ1v) is 13.3. The van der Waals surface area contributed by atoms with Crippen LogP contribution in [0.1, 0.15) is 31.2 Å². The SMILES string of the molecule is CCOc1ccccc1NC(=O)C1=C(C)Nc2nc(SCc3ccccc3F)nn2C1c1ccc(Br)o1. The predicted octanol–water partition coefficient (Wildman–Crippen LogP) is 6.39. The summed E-state index contributed by atoms with van der Waals surface area (Å²) in [5.74, 6) is 1.28. The van der Waals surface area contributed by atoms with E-state index in [2.05, 4.69) is 36.6 Å². The van der Waals surface area contributed by atoms with E-state index in [4.69, 9.17) is 9.15 Å². The van der Waals surface area contributed by atoms with Crippen LogP contribution in [0.2, 0.25) is 0 Å². The van der Waals surface area contributed by atoms with Crippen LogP contribution in [0.3, 0.4) is 0 Å². The van der Waals surface area contributed by atoms with Crippen molar-refractivity contribution in [2.24, 2.45) is 0 Å². The van der Waals surface area contributed by atoms with Crippen molar-refractivity contribution in [1.82, 2.24) is 14.8 Å². The van der Waals surface area contributed by atoms with Crippen LogP contribution in [0, 0.1) is 5.82 Å². The Labute approximate surface area is 225 Å². The number of thioether (sulfide) groups is 1. The second-order valence-electron chi connectivity index (χ2n) is 8.13. The van der Waals surface area contributed by atoms with Gasteiger partial charge in [0.2, 0.25) is 11.1 Å². The van der Waals surface area contributed by atoms with E-state index in [1.165, 1.54) is 17.8 Å². The third-order valence-corrected chi connectivity index (χ3v) is 7.00. The number of hydrogen-bond donors (Lipinski definition) is 2. The molecule has 0 fully saturated rings. The molecule has 190 valence electrons. The lowest BCUT2D eigenvalue weighted by Crippen LogP contribution is -2.31. The van der Waals surface area contributed by atoms with Gasteiger partial charge in [0.1, 0.15) is 23.4 Å². The fourth-order valence-corrected chi connectivity index (χ4v) is 5.16. The summed E-state index contributed by atoms with van der Waals surface area (Å²) in [6.07, 6.45) is 0. The molecule has 1 aliphatic rings. The molecule has 2 N–H and O–H groups in total. The van der Waals surface area contributed by atoms with Crippen molar-refractivity contribution >= 4 is 45.2 Å². The van der Waals surface area contributed by atoms with E-state index in [1.54, 1.807) is 54.1 Å². The number of carbonyl (C=O) groups is 1. The topological polar surface area (TPSA) is 94.2 Å². The molecule has 0 spiro atoms. The number of fused-ring (bicyclic) bond motifs is 1. The summed E-state index contributed by atoms with van der Waals surface area (Å²) in [6.45, 7) is 4.16. The highest BCUT2D eigenvalue weighted by molar-refractivity contribution is 9.10. The molecule has 4 aromatic rings. The van der Waals surface area contributed by atoms with Gasteiger partial charge in [0.05, 0.1) is 17.9 Å². The molecule has 5 rings (SSSR count). The first-order chi connectivity index (χ1) is 17.9. The molecule has 8 nitrogen and oxygen atoms in total. The van der Waals surface area contributed by atoms with Crippen molar-refractivity contribution in [3.05, 3.63) is 93.7 Å². The Morgan fingerprint density at radius 1 is 1.22 bits per heavy atom. The Balaban J connectivity index is 1.47. The molecule has 2 aromatic heterocycles. The minimum absolute atomic E-state index is 0.279. The smallest absolute Gasteiger partial charge is 0.256 e. The van der Waals surface area contributed by atoms with Gasteiger partial charge in [0, 0.05) is 11.4 Å². The van der Waals surface area contributed by atoms with Gasteiger partial charge in [-0.05, 0) is 65.7 Å². The van der Waals surface area contributed by atoms with Crippen molar-refractivity contribution in [3.8, 4) is 5.75 Å². The number of allylic oxidation sites excluding steroid dienone is 1. The minimum atomic E-state index is -0.683. The molecule has 11 heteroatoms. The molecule has 3 heterocycles. The van der Waals surface area contributed by atoms with Crippen LogP contribution in [-0.4, -0.2) is 27.3 Å². The van der Waals surface area contributed by atoms with E-state index in [1.807, 2.05) is 19.1 Å². The first kappa shape index (κ1) is 25.1. The molecular formula is C26H23BrFN5O3S. The van der Waals surface area contributed by atoms with Gasteiger partial charge in [0.15, 0.2) is 4.67 Å². The van der Waals surface area contributed by atoms with Crippen molar-refractivity contribution in [3.63, 3.8) is 0 Å². The zero-order valence-corrected chi connectivity index (χ0v) is 22.4. The van der Waals surface area contributed by atoms with E-state index in [0.29, 0.717) is 62.2 Å². The van der Waals surface area contributed by atoms with E-state index < -0.39 is 6.04 Å². The number of halogens is 2. The number of hydrogen-bond acceptors (Lipinski definition) is 7. The van der Waals surface area contributed by atoms with Crippen molar-refractivity contribution < 1.29 is 18.3 Å². The molecule has 0 aliphatic carbocycles. The maximum absolute atomic E-state index is 14.1. The average molecular weight is 584 g/mol. The number of anilines is 2. The molecule has 0 saturated heterocycles. The number of nitrogens with one attached hydrogen (secondary N) is 2. The number of benzene rings is 2. The normalized spacial score (nSPS) is 14.8. The lowest BCUT2D eigenvalue weighted by molar-refractivity contribution is -0.113. The van der Waals surface area contributed by atoms with Gasteiger partial charge >= 0.3 is 0 Å². The Morgan fingerprint density at radius 2 is 2.00 bits per heavy atom. The van der Waals surface area contributed by atoms with Gasteiger partial charge in [-0.25, -0.2) is 9.07 Å². The summed E-state index contributed by atoms with van der Waals surface area (Å²) in [5, 5.41) is 11.3. The number of para-hydroxylation sites is 2. The van der Waals surface area contributed by atoms with E-state index >= 15 is 0 Å². The summed E-state index contributed by atoms with van der Waals surface area (Å²) in [6, 6.07) is 16.7. The molecule has 2 aromatic carbocycles.